The monoisotopic (exact) mass is 332 g/mol. The molecular formula is C13H14ClFN2O3S. The van der Waals surface area contributed by atoms with Crippen molar-refractivity contribution in [1.82, 2.24) is 4.31 Å². The third-order valence-corrected chi connectivity index (χ3v) is 6.00. The topological polar surface area (TPSA) is 66.8 Å². The van der Waals surface area contributed by atoms with Crippen LogP contribution in [0, 0.1) is 5.82 Å². The zero-order chi connectivity index (χ0) is 15.6. The number of rotatable bonds is 3. The average Bonchev–Trinajstić information content (AvgIpc) is 2.41. The number of carbonyl (C=O) groups excluding carboxylic acids is 1. The highest BCUT2D eigenvalue weighted by Gasteiger charge is 2.35. The fraction of sp³-hybridized carbons (Fsp3) is 0.462. The van der Waals surface area contributed by atoms with E-state index in [4.69, 9.17) is 11.6 Å². The number of nitrogens with zero attached hydrogens (tertiary/aromatic N) is 2. The summed E-state index contributed by atoms with van der Waals surface area (Å²) < 4.78 is 39.8. The number of sulfonamides is 1. The molecule has 1 aromatic carbocycles. The summed E-state index contributed by atoms with van der Waals surface area (Å²) in [5.41, 5.74) is 0. The van der Waals surface area contributed by atoms with Crippen LogP contribution in [0.25, 0.3) is 0 Å². The van der Waals surface area contributed by atoms with Crippen molar-refractivity contribution < 1.29 is 17.6 Å². The summed E-state index contributed by atoms with van der Waals surface area (Å²) in [5, 5.41) is -0.0170. The van der Waals surface area contributed by atoms with Gasteiger partial charge in [0.25, 0.3) is 0 Å². The van der Waals surface area contributed by atoms with E-state index in [-0.39, 0.29) is 28.5 Å². The Balaban J connectivity index is 2.32. The van der Waals surface area contributed by atoms with Gasteiger partial charge in [0.2, 0.25) is 16.1 Å². The second-order valence-corrected chi connectivity index (χ2v) is 7.20. The van der Waals surface area contributed by atoms with Gasteiger partial charge in [-0.3, -0.25) is 0 Å². The van der Waals surface area contributed by atoms with Crippen molar-refractivity contribution >= 4 is 27.7 Å². The molecule has 0 N–H and O–H groups in total. The van der Waals surface area contributed by atoms with E-state index in [1.807, 2.05) is 0 Å². The number of hydrogen-bond donors (Lipinski definition) is 0. The Labute approximate surface area is 127 Å². The third-order valence-electron chi connectivity index (χ3n) is 3.50. The Morgan fingerprint density at radius 3 is 2.81 bits per heavy atom. The molecule has 0 amide bonds. The normalized spacial score (nSPS) is 23.6. The van der Waals surface area contributed by atoms with E-state index in [1.165, 1.54) is 16.5 Å². The van der Waals surface area contributed by atoms with E-state index in [2.05, 4.69) is 4.99 Å². The number of halogens is 2. The lowest BCUT2D eigenvalue weighted by atomic mass is 10.0. The molecule has 0 bridgehead atoms. The van der Waals surface area contributed by atoms with Gasteiger partial charge in [-0.25, -0.2) is 22.6 Å². The van der Waals surface area contributed by atoms with E-state index in [1.54, 1.807) is 6.92 Å². The minimum atomic E-state index is -3.88. The highest BCUT2D eigenvalue weighted by molar-refractivity contribution is 7.89. The number of aliphatic imine (C=N–C) groups is 1. The summed E-state index contributed by atoms with van der Waals surface area (Å²) in [5.74, 6) is -0.661. The molecule has 21 heavy (non-hydrogen) atoms. The minimum Gasteiger partial charge on any atom is -0.211 e. The summed E-state index contributed by atoms with van der Waals surface area (Å²) in [6, 6.07) is 2.66. The van der Waals surface area contributed by atoms with Crippen LogP contribution >= 0.6 is 11.6 Å². The molecule has 114 valence electrons. The molecule has 1 fully saturated rings. The molecule has 1 aliphatic rings. The maximum atomic E-state index is 13.3. The van der Waals surface area contributed by atoms with Crippen LogP contribution in [0.4, 0.5) is 4.39 Å². The molecule has 8 heteroatoms. The molecule has 1 saturated heterocycles. The largest absolute Gasteiger partial charge is 0.244 e. The molecule has 1 aromatic rings. The molecule has 0 aromatic heterocycles. The molecule has 1 aliphatic heterocycles. The summed E-state index contributed by atoms with van der Waals surface area (Å²) in [6.45, 7) is 1.92. The van der Waals surface area contributed by atoms with Crippen LogP contribution in [0.3, 0.4) is 0 Å². The van der Waals surface area contributed by atoms with Gasteiger partial charge < -0.3 is 0 Å². The highest BCUT2D eigenvalue weighted by Crippen LogP contribution is 2.30. The van der Waals surface area contributed by atoms with Gasteiger partial charge in [-0.15, -0.1) is 0 Å². The molecule has 0 spiro atoms. The van der Waals surface area contributed by atoms with Crippen molar-refractivity contribution in [3.63, 3.8) is 0 Å². The molecule has 0 aliphatic carbocycles. The Bertz CT molecular complexity index is 689. The van der Waals surface area contributed by atoms with Crippen LogP contribution in [-0.2, 0) is 14.8 Å². The summed E-state index contributed by atoms with van der Waals surface area (Å²) in [7, 11) is -3.88. The van der Waals surface area contributed by atoms with Gasteiger partial charge in [0.1, 0.15) is 10.7 Å². The van der Waals surface area contributed by atoms with Gasteiger partial charge in [-0.2, -0.15) is 4.31 Å². The lowest BCUT2D eigenvalue weighted by molar-refractivity contribution is 0.248. The van der Waals surface area contributed by atoms with Crippen molar-refractivity contribution in [2.24, 2.45) is 4.99 Å². The van der Waals surface area contributed by atoms with E-state index in [9.17, 15) is 17.6 Å². The van der Waals surface area contributed by atoms with Crippen LogP contribution in [0.5, 0.6) is 0 Å². The molecule has 2 atom stereocenters. The van der Waals surface area contributed by atoms with Gasteiger partial charge >= 0.3 is 0 Å². The molecule has 1 heterocycles. The van der Waals surface area contributed by atoms with Crippen LogP contribution in [-0.4, -0.2) is 37.4 Å². The van der Waals surface area contributed by atoms with Crippen molar-refractivity contribution in [2.45, 2.75) is 36.7 Å². The van der Waals surface area contributed by atoms with Crippen LogP contribution in [0.1, 0.15) is 19.8 Å². The number of isocyanates is 1. The first-order valence-electron chi connectivity index (χ1n) is 6.40. The Hall–Kier alpha value is -1.27. The van der Waals surface area contributed by atoms with Crippen LogP contribution in [0.15, 0.2) is 28.1 Å². The van der Waals surface area contributed by atoms with Crippen LogP contribution in [0.2, 0.25) is 5.02 Å². The van der Waals surface area contributed by atoms with Crippen molar-refractivity contribution in [2.75, 3.05) is 6.54 Å². The lowest BCUT2D eigenvalue weighted by Crippen LogP contribution is -2.45. The average molecular weight is 333 g/mol. The summed E-state index contributed by atoms with van der Waals surface area (Å²) in [6.07, 6.45) is 2.34. The van der Waals surface area contributed by atoms with Crippen molar-refractivity contribution in [3.8, 4) is 0 Å². The highest BCUT2D eigenvalue weighted by atomic mass is 35.5. The molecule has 2 rings (SSSR count). The second kappa shape index (κ2) is 6.23. The predicted molar refractivity (Wildman–Crippen MR) is 75.9 cm³/mol. The lowest BCUT2D eigenvalue weighted by Gasteiger charge is -2.34. The van der Waals surface area contributed by atoms with E-state index in [0.717, 1.165) is 12.1 Å². The maximum absolute atomic E-state index is 13.3. The predicted octanol–water partition coefficient (Wildman–Crippen LogP) is 2.36. The number of piperidine rings is 1. The SMILES string of the molecule is CC1CC(N=C=O)CCN1S(=O)(=O)c1cc(F)ccc1Cl. The molecular weight excluding hydrogens is 319 g/mol. The smallest absolute Gasteiger partial charge is 0.211 e. The van der Waals surface area contributed by atoms with E-state index >= 15 is 0 Å². The maximum Gasteiger partial charge on any atom is 0.244 e. The molecule has 2 unspecified atom stereocenters. The van der Waals surface area contributed by atoms with Crippen molar-refractivity contribution in [3.05, 3.63) is 29.0 Å². The fourth-order valence-corrected chi connectivity index (χ4v) is 4.62. The number of benzene rings is 1. The van der Waals surface area contributed by atoms with Crippen LogP contribution < -0.4 is 0 Å². The van der Waals surface area contributed by atoms with Gasteiger partial charge in [0, 0.05) is 12.6 Å². The first-order valence-corrected chi connectivity index (χ1v) is 8.22. The Morgan fingerprint density at radius 2 is 2.19 bits per heavy atom. The first kappa shape index (κ1) is 16.1. The second-order valence-electron chi connectivity index (χ2n) is 4.94. The van der Waals surface area contributed by atoms with E-state index < -0.39 is 15.8 Å². The van der Waals surface area contributed by atoms with Crippen molar-refractivity contribution in [1.29, 1.82) is 0 Å². The van der Waals surface area contributed by atoms with Gasteiger partial charge in [0.05, 0.1) is 11.1 Å². The summed E-state index contributed by atoms with van der Waals surface area (Å²) in [4.78, 5) is 13.7. The summed E-state index contributed by atoms with van der Waals surface area (Å²) >= 11 is 5.88. The fourth-order valence-electron chi connectivity index (χ4n) is 2.48. The van der Waals surface area contributed by atoms with E-state index in [0.29, 0.717) is 12.8 Å². The number of hydrogen-bond acceptors (Lipinski definition) is 4. The first-order chi connectivity index (χ1) is 9.86. The zero-order valence-corrected chi connectivity index (χ0v) is 12.9. The van der Waals surface area contributed by atoms with Gasteiger partial charge in [-0.05, 0) is 38.0 Å². The minimum absolute atomic E-state index is 0.0170. The third kappa shape index (κ3) is 3.32. The van der Waals surface area contributed by atoms with Gasteiger partial charge in [0.15, 0.2) is 0 Å². The zero-order valence-electron chi connectivity index (χ0n) is 11.3. The quantitative estimate of drug-likeness (QED) is 0.630. The Kier molecular flexibility index (Phi) is 4.78. The Morgan fingerprint density at radius 1 is 1.48 bits per heavy atom. The molecule has 0 saturated carbocycles. The molecule has 0 radical (unpaired) electrons. The molecule has 5 nitrogen and oxygen atoms in total. The van der Waals surface area contributed by atoms with Gasteiger partial charge in [-0.1, -0.05) is 11.6 Å². The standard InChI is InChI=1S/C13H14ClFN2O3S/c1-9-6-11(16-8-18)4-5-17(9)21(19,20)13-7-10(15)2-3-12(13)14/h2-3,7,9,11H,4-6H2,1H3.